The van der Waals surface area contributed by atoms with E-state index >= 15 is 0 Å². The quantitative estimate of drug-likeness (QED) is 0.753. The van der Waals surface area contributed by atoms with Crippen molar-refractivity contribution < 1.29 is 17.9 Å². The highest BCUT2D eigenvalue weighted by Crippen LogP contribution is 2.23. The van der Waals surface area contributed by atoms with Crippen LogP contribution in [-0.2, 0) is 6.42 Å². The number of alkyl halides is 3. The minimum atomic E-state index is -4.66. The zero-order valence-corrected chi connectivity index (χ0v) is 7.14. The summed E-state index contributed by atoms with van der Waals surface area (Å²) in [5.41, 5.74) is 0.613. The number of halogens is 3. The Morgan fingerprint density at radius 3 is 2.64 bits per heavy atom. The van der Waals surface area contributed by atoms with Gasteiger partial charge in [-0.3, -0.25) is 0 Å². The summed E-state index contributed by atoms with van der Waals surface area (Å²) >= 11 is 0. The molecule has 0 aliphatic carbocycles. The van der Waals surface area contributed by atoms with Gasteiger partial charge in [0.1, 0.15) is 5.75 Å². The van der Waals surface area contributed by atoms with Crippen molar-refractivity contribution in [2.24, 2.45) is 0 Å². The lowest BCUT2D eigenvalue weighted by atomic mass is 10.1. The van der Waals surface area contributed by atoms with E-state index in [4.69, 9.17) is 5.41 Å². The molecule has 0 spiro atoms. The van der Waals surface area contributed by atoms with Crippen LogP contribution in [0, 0.1) is 5.41 Å². The number of hydrogen-bond acceptors (Lipinski definition) is 2. The van der Waals surface area contributed by atoms with Gasteiger partial charge in [0.15, 0.2) is 0 Å². The predicted octanol–water partition coefficient (Wildman–Crippen LogP) is 2.78. The Bertz CT molecular complexity index is 322. The van der Waals surface area contributed by atoms with Gasteiger partial charge in [-0.2, -0.15) is 0 Å². The molecule has 0 aromatic heterocycles. The first-order valence-electron chi connectivity index (χ1n) is 3.85. The SMILES string of the molecule is N=CCc1cccc(OC(F)(F)F)c1. The van der Waals surface area contributed by atoms with E-state index in [0.29, 0.717) is 12.0 Å². The largest absolute Gasteiger partial charge is 0.573 e. The Balaban J connectivity index is 2.78. The van der Waals surface area contributed by atoms with Crippen LogP contribution in [0.3, 0.4) is 0 Å². The molecular formula is C9H8F3NO. The molecule has 2 nitrogen and oxygen atoms in total. The van der Waals surface area contributed by atoms with Crippen LogP contribution in [0.1, 0.15) is 5.56 Å². The fraction of sp³-hybridized carbons (Fsp3) is 0.222. The fourth-order valence-electron chi connectivity index (χ4n) is 0.987. The van der Waals surface area contributed by atoms with E-state index in [-0.39, 0.29) is 5.75 Å². The van der Waals surface area contributed by atoms with Crippen LogP contribution < -0.4 is 4.74 Å². The van der Waals surface area contributed by atoms with Gasteiger partial charge < -0.3 is 10.1 Å². The highest BCUT2D eigenvalue weighted by molar-refractivity contribution is 5.58. The van der Waals surface area contributed by atoms with Gasteiger partial charge in [0, 0.05) is 6.42 Å². The predicted molar refractivity (Wildman–Crippen MR) is 45.6 cm³/mol. The van der Waals surface area contributed by atoms with Gasteiger partial charge >= 0.3 is 6.36 Å². The van der Waals surface area contributed by atoms with Crippen molar-refractivity contribution >= 4 is 6.21 Å². The molecule has 76 valence electrons. The lowest BCUT2D eigenvalue weighted by molar-refractivity contribution is -0.274. The molecule has 0 saturated carbocycles. The normalized spacial score (nSPS) is 11.1. The van der Waals surface area contributed by atoms with Gasteiger partial charge in [0.05, 0.1) is 0 Å². The molecule has 0 fully saturated rings. The van der Waals surface area contributed by atoms with Crippen molar-refractivity contribution in [1.82, 2.24) is 0 Å². The number of nitrogens with one attached hydrogen (secondary N) is 1. The van der Waals surface area contributed by atoms with E-state index in [2.05, 4.69) is 4.74 Å². The highest BCUT2D eigenvalue weighted by Gasteiger charge is 2.30. The van der Waals surface area contributed by atoms with Crippen molar-refractivity contribution in [3.05, 3.63) is 29.8 Å². The molecule has 0 bridgehead atoms. The Morgan fingerprint density at radius 1 is 1.36 bits per heavy atom. The summed E-state index contributed by atoms with van der Waals surface area (Å²) in [4.78, 5) is 0. The summed E-state index contributed by atoms with van der Waals surface area (Å²) in [6.07, 6.45) is -3.24. The fourth-order valence-corrected chi connectivity index (χ4v) is 0.987. The Labute approximate surface area is 78.8 Å². The highest BCUT2D eigenvalue weighted by atomic mass is 19.4. The molecule has 0 amide bonds. The Kier molecular flexibility index (Phi) is 3.11. The maximum Gasteiger partial charge on any atom is 0.573 e. The van der Waals surface area contributed by atoms with E-state index in [0.717, 1.165) is 6.21 Å². The Hall–Kier alpha value is -1.52. The van der Waals surface area contributed by atoms with Crippen molar-refractivity contribution in [2.75, 3.05) is 0 Å². The molecule has 0 aliphatic heterocycles. The van der Waals surface area contributed by atoms with Gasteiger partial charge in [-0.25, -0.2) is 0 Å². The van der Waals surface area contributed by atoms with Gasteiger partial charge in [-0.15, -0.1) is 13.2 Å². The van der Waals surface area contributed by atoms with Gasteiger partial charge in [0.2, 0.25) is 0 Å². The summed E-state index contributed by atoms with van der Waals surface area (Å²) < 4.78 is 39.1. The molecule has 5 heteroatoms. The second-order valence-electron chi connectivity index (χ2n) is 2.60. The average Bonchev–Trinajstić information content (AvgIpc) is 2.02. The van der Waals surface area contributed by atoms with Crippen molar-refractivity contribution in [2.45, 2.75) is 12.8 Å². The van der Waals surface area contributed by atoms with E-state index in [1.165, 1.54) is 18.2 Å². The summed E-state index contributed by atoms with van der Waals surface area (Å²) in [5.74, 6) is -0.253. The molecule has 0 atom stereocenters. The summed E-state index contributed by atoms with van der Waals surface area (Å²) in [6.45, 7) is 0. The third-order valence-corrected chi connectivity index (χ3v) is 1.47. The molecule has 1 aromatic carbocycles. The Morgan fingerprint density at radius 2 is 2.07 bits per heavy atom. The summed E-state index contributed by atoms with van der Waals surface area (Å²) in [6, 6.07) is 5.58. The van der Waals surface area contributed by atoms with Crippen LogP contribution in [0.4, 0.5) is 13.2 Å². The molecule has 1 aromatic rings. The van der Waals surface area contributed by atoms with Gasteiger partial charge in [-0.05, 0) is 23.9 Å². The topological polar surface area (TPSA) is 33.1 Å². The first kappa shape index (κ1) is 10.6. The van der Waals surface area contributed by atoms with E-state index in [9.17, 15) is 13.2 Å². The average molecular weight is 203 g/mol. The number of hydrogen-bond donors (Lipinski definition) is 1. The zero-order chi connectivity index (χ0) is 10.6. The molecule has 0 aliphatic rings. The molecule has 0 radical (unpaired) electrons. The molecule has 14 heavy (non-hydrogen) atoms. The summed E-state index contributed by atoms with van der Waals surface area (Å²) in [5, 5.41) is 6.80. The first-order valence-corrected chi connectivity index (χ1v) is 3.85. The molecule has 1 N–H and O–H groups in total. The van der Waals surface area contributed by atoms with Crippen LogP contribution in [-0.4, -0.2) is 12.6 Å². The van der Waals surface area contributed by atoms with Crippen LogP contribution in [0.25, 0.3) is 0 Å². The first-order chi connectivity index (χ1) is 6.51. The van der Waals surface area contributed by atoms with Crippen molar-refractivity contribution in [3.63, 3.8) is 0 Å². The molecule has 0 unspecified atom stereocenters. The lowest BCUT2D eigenvalue weighted by Crippen LogP contribution is -2.17. The molecular weight excluding hydrogens is 195 g/mol. The molecule has 0 saturated heterocycles. The standard InChI is InChI=1S/C9H8F3NO/c10-9(11,12)14-8-3-1-2-7(6-8)4-5-13/h1-3,5-6,13H,4H2. The maximum atomic E-state index is 11.8. The van der Waals surface area contributed by atoms with Crippen LogP contribution in [0.5, 0.6) is 5.75 Å². The van der Waals surface area contributed by atoms with Crippen LogP contribution in [0.2, 0.25) is 0 Å². The third kappa shape index (κ3) is 3.47. The number of ether oxygens (including phenoxy) is 1. The van der Waals surface area contributed by atoms with Gasteiger partial charge in [0.25, 0.3) is 0 Å². The zero-order valence-electron chi connectivity index (χ0n) is 7.14. The van der Waals surface area contributed by atoms with Gasteiger partial charge in [-0.1, -0.05) is 12.1 Å². The van der Waals surface area contributed by atoms with Crippen LogP contribution >= 0.6 is 0 Å². The smallest absolute Gasteiger partial charge is 0.406 e. The van der Waals surface area contributed by atoms with E-state index in [1.807, 2.05) is 0 Å². The number of benzene rings is 1. The number of rotatable bonds is 3. The minimum Gasteiger partial charge on any atom is -0.406 e. The van der Waals surface area contributed by atoms with E-state index < -0.39 is 6.36 Å². The second-order valence-corrected chi connectivity index (χ2v) is 2.60. The van der Waals surface area contributed by atoms with E-state index in [1.54, 1.807) is 6.07 Å². The third-order valence-electron chi connectivity index (χ3n) is 1.47. The monoisotopic (exact) mass is 203 g/mol. The van der Waals surface area contributed by atoms with Crippen molar-refractivity contribution in [3.8, 4) is 5.75 Å². The minimum absolute atomic E-state index is 0.253. The lowest BCUT2D eigenvalue weighted by Gasteiger charge is -2.09. The van der Waals surface area contributed by atoms with Crippen LogP contribution in [0.15, 0.2) is 24.3 Å². The molecule has 0 heterocycles. The summed E-state index contributed by atoms with van der Waals surface area (Å²) in [7, 11) is 0. The van der Waals surface area contributed by atoms with Crippen molar-refractivity contribution in [1.29, 1.82) is 5.41 Å². The second kappa shape index (κ2) is 4.13. The molecule has 1 rings (SSSR count). The maximum absolute atomic E-state index is 11.8.